The fourth-order valence-corrected chi connectivity index (χ4v) is 4.49. The standard InChI is InChI=1S/C26H30N2O4S/c1-18(2)23-7-5-6-8-25(23)32-16-15-27-26(29)21-11-14-24(20(4)17-21)28-33(30,31)22-12-9-19(3)10-13-22/h5-14,17-18,28H,15-16H2,1-4H3,(H,27,29). The van der Waals surface area contributed by atoms with Crippen LogP contribution in [-0.2, 0) is 10.0 Å². The lowest BCUT2D eigenvalue weighted by molar-refractivity contribution is 0.0947. The number of ether oxygens (including phenoxy) is 1. The third kappa shape index (κ3) is 6.35. The smallest absolute Gasteiger partial charge is 0.261 e. The first kappa shape index (κ1) is 24.3. The van der Waals surface area contributed by atoms with E-state index in [9.17, 15) is 13.2 Å². The monoisotopic (exact) mass is 466 g/mol. The Bertz CT molecular complexity index is 1220. The molecule has 0 aliphatic rings. The van der Waals surface area contributed by atoms with Gasteiger partial charge in [0.1, 0.15) is 12.4 Å². The van der Waals surface area contributed by atoms with Crippen LogP contribution in [0.2, 0.25) is 0 Å². The summed E-state index contributed by atoms with van der Waals surface area (Å²) in [6, 6.07) is 19.4. The van der Waals surface area contributed by atoms with Crippen LogP contribution in [0.25, 0.3) is 0 Å². The fourth-order valence-electron chi connectivity index (χ4n) is 3.36. The molecule has 0 aliphatic heterocycles. The Kier molecular flexibility index (Phi) is 7.76. The highest BCUT2D eigenvalue weighted by Gasteiger charge is 2.16. The minimum Gasteiger partial charge on any atom is -0.491 e. The number of carbonyl (C=O) groups excluding carboxylic acids is 1. The van der Waals surface area contributed by atoms with Crippen molar-refractivity contribution in [2.24, 2.45) is 0 Å². The van der Waals surface area contributed by atoms with Gasteiger partial charge in [0.25, 0.3) is 15.9 Å². The first-order chi connectivity index (χ1) is 15.7. The van der Waals surface area contributed by atoms with E-state index in [0.29, 0.717) is 35.9 Å². The zero-order chi connectivity index (χ0) is 24.0. The molecule has 0 radical (unpaired) electrons. The Hall–Kier alpha value is -3.32. The Labute approximate surface area is 196 Å². The van der Waals surface area contributed by atoms with Gasteiger partial charge in [-0.3, -0.25) is 9.52 Å². The van der Waals surface area contributed by atoms with Crippen molar-refractivity contribution in [2.75, 3.05) is 17.9 Å². The van der Waals surface area contributed by atoms with E-state index in [1.54, 1.807) is 49.4 Å². The second-order valence-electron chi connectivity index (χ2n) is 8.25. The van der Waals surface area contributed by atoms with Crippen molar-refractivity contribution >= 4 is 21.6 Å². The van der Waals surface area contributed by atoms with E-state index >= 15 is 0 Å². The number of aryl methyl sites for hydroxylation is 2. The minimum atomic E-state index is -3.71. The van der Waals surface area contributed by atoms with Gasteiger partial charge in [-0.15, -0.1) is 0 Å². The number of anilines is 1. The Morgan fingerprint density at radius 3 is 2.33 bits per heavy atom. The Balaban J connectivity index is 1.58. The van der Waals surface area contributed by atoms with Crippen LogP contribution in [0.3, 0.4) is 0 Å². The van der Waals surface area contributed by atoms with Crippen molar-refractivity contribution in [3.63, 3.8) is 0 Å². The third-order valence-corrected chi connectivity index (χ3v) is 6.63. The van der Waals surface area contributed by atoms with Crippen molar-refractivity contribution in [2.45, 2.75) is 38.5 Å². The number of benzene rings is 3. The molecule has 0 atom stereocenters. The van der Waals surface area contributed by atoms with Crippen LogP contribution >= 0.6 is 0 Å². The van der Waals surface area contributed by atoms with E-state index in [0.717, 1.165) is 16.9 Å². The molecular weight excluding hydrogens is 436 g/mol. The average molecular weight is 467 g/mol. The molecule has 0 aliphatic carbocycles. The fraction of sp³-hybridized carbons (Fsp3) is 0.269. The summed E-state index contributed by atoms with van der Waals surface area (Å²) in [7, 11) is -3.71. The van der Waals surface area contributed by atoms with Crippen LogP contribution in [0, 0.1) is 13.8 Å². The SMILES string of the molecule is Cc1ccc(S(=O)(=O)Nc2ccc(C(=O)NCCOc3ccccc3C(C)C)cc2C)cc1. The second kappa shape index (κ2) is 10.5. The van der Waals surface area contributed by atoms with Crippen molar-refractivity contribution in [1.82, 2.24) is 5.32 Å². The highest BCUT2D eigenvalue weighted by molar-refractivity contribution is 7.92. The molecule has 0 spiro atoms. The molecule has 0 saturated carbocycles. The van der Waals surface area contributed by atoms with E-state index in [1.807, 2.05) is 31.2 Å². The summed E-state index contributed by atoms with van der Waals surface area (Å²) in [4.78, 5) is 12.7. The lowest BCUT2D eigenvalue weighted by atomic mass is 10.0. The molecule has 7 heteroatoms. The normalized spacial score (nSPS) is 11.3. The minimum absolute atomic E-state index is 0.188. The van der Waals surface area contributed by atoms with E-state index in [2.05, 4.69) is 23.9 Å². The predicted octanol–water partition coefficient (Wildman–Crippen LogP) is 5.04. The van der Waals surface area contributed by atoms with Gasteiger partial charge in [0.2, 0.25) is 0 Å². The molecule has 0 fully saturated rings. The molecule has 3 aromatic rings. The van der Waals surface area contributed by atoms with Gasteiger partial charge in [-0.1, -0.05) is 49.7 Å². The van der Waals surface area contributed by atoms with Crippen LogP contribution < -0.4 is 14.8 Å². The van der Waals surface area contributed by atoms with E-state index in [4.69, 9.17) is 4.74 Å². The summed E-state index contributed by atoms with van der Waals surface area (Å²) in [6.45, 7) is 8.58. The van der Waals surface area contributed by atoms with E-state index in [1.165, 1.54) is 0 Å². The van der Waals surface area contributed by atoms with Crippen molar-refractivity contribution in [3.05, 3.63) is 89.0 Å². The first-order valence-electron chi connectivity index (χ1n) is 10.9. The quantitative estimate of drug-likeness (QED) is 0.433. The number of nitrogens with one attached hydrogen (secondary N) is 2. The highest BCUT2D eigenvalue weighted by Crippen LogP contribution is 2.25. The molecule has 0 heterocycles. The topological polar surface area (TPSA) is 84.5 Å². The van der Waals surface area contributed by atoms with Crippen LogP contribution in [0.1, 0.15) is 46.8 Å². The van der Waals surface area contributed by atoms with Crippen LogP contribution in [0.4, 0.5) is 5.69 Å². The number of hydrogen-bond acceptors (Lipinski definition) is 4. The molecule has 174 valence electrons. The maximum absolute atomic E-state index is 12.6. The van der Waals surface area contributed by atoms with Gasteiger partial charge in [0.05, 0.1) is 17.1 Å². The summed E-state index contributed by atoms with van der Waals surface area (Å²) >= 11 is 0. The summed E-state index contributed by atoms with van der Waals surface area (Å²) in [5, 5.41) is 2.84. The van der Waals surface area contributed by atoms with Gasteiger partial charge in [-0.2, -0.15) is 0 Å². The van der Waals surface area contributed by atoms with Crippen LogP contribution in [-0.4, -0.2) is 27.5 Å². The first-order valence-corrected chi connectivity index (χ1v) is 12.4. The van der Waals surface area contributed by atoms with E-state index in [-0.39, 0.29) is 10.8 Å². The van der Waals surface area contributed by atoms with Gasteiger partial charge in [0, 0.05) is 5.56 Å². The van der Waals surface area contributed by atoms with Gasteiger partial charge in [0.15, 0.2) is 0 Å². The number of sulfonamides is 1. The van der Waals surface area contributed by atoms with Crippen molar-refractivity contribution in [1.29, 1.82) is 0 Å². The number of para-hydroxylation sites is 1. The van der Waals surface area contributed by atoms with Crippen LogP contribution in [0.5, 0.6) is 5.75 Å². The molecule has 3 rings (SSSR count). The van der Waals surface area contributed by atoms with Crippen LogP contribution in [0.15, 0.2) is 71.6 Å². The molecule has 3 aromatic carbocycles. The van der Waals surface area contributed by atoms with E-state index < -0.39 is 10.0 Å². The lowest BCUT2D eigenvalue weighted by Gasteiger charge is -2.14. The predicted molar refractivity (Wildman–Crippen MR) is 132 cm³/mol. The molecule has 0 aromatic heterocycles. The molecule has 2 N–H and O–H groups in total. The Morgan fingerprint density at radius 1 is 0.970 bits per heavy atom. The zero-order valence-electron chi connectivity index (χ0n) is 19.4. The van der Waals surface area contributed by atoms with Gasteiger partial charge in [-0.25, -0.2) is 8.42 Å². The number of amides is 1. The maximum atomic E-state index is 12.6. The number of rotatable bonds is 9. The lowest BCUT2D eigenvalue weighted by Crippen LogP contribution is -2.28. The molecule has 0 unspecified atom stereocenters. The molecule has 6 nitrogen and oxygen atoms in total. The van der Waals surface area contributed by atoms with Crippen molar-refractivity contribution < 1.29 is 17.9 Å². The molecular formula is C26H30N2O4S. The second-order valence-corrected chi connectivity index (χ2v) is 9.93. The summed E-state index contributed by atoms with van der Waals surface area (Å²) in [5.74, 6) is 0.926. The van der Waals surface area contributed by atoms with Gasteiger partial charge >= 0.3 is 0 Å². The zero-order valence-corrected chi connectivity index (χ0v) is 20.2. The maximum Gasteiger partial charge on any atom is 0.261 e. The molecule has 0 saturated heterocycles. The molecule has 1 amide bonds. The van der Waals surface area contributed by atoms with Crippen molar-refractivity contribution in [3.8, 4) is 5.75 Å². The summed E-state index contributed by atoms with van der Waals surface area (Å²) in [6.07, 6.45) is 0. The summed E-state index contributed by atoms with van der Waals surface area (Å²) < 4.78 is 33.7. The molecule has 33 heavy (non-hydrogen) atoms. The van der Waals surface area contributed by atoms with Gasteiger partial charge < -0.3 is 10.1 Å². The highest BCUT2D eigenvalue weighted by atomic mass is 32.2. The number of hydrogen-bond donors (Lipinski definition) is 2. The molecule has 0 bridgehead atoms. The van der Waals surface area contributed by atoms with Gasteiger partial charge in [-0.05, 0) is 67.3 Å². The third-order valence-electron chi connectivity index (χ3n) is 5.25. The summed E-state index contributed by atoms with van der Waals surface area (Å²) in [5.41, 5.74) is 3.65. The average Bonchev–Trinajstić information content (AvgIpc) is 2.78. The Morgan fingerprint density at radius 2 is 1.67 bits per heavy atom. The largest absolute Gasteiger partial charge is 0.491 e. The number of carbonyl (C=O) groups is 1.